The predicted molar refractivity (Wildman–Crippen MR) is 111 cm³/mol. The first-order valence-corrected chi connectivity index (χ1v) is 10.2. The summed E-state index contributed by atoms with van der Waals surface area (Å²) in [6, 6.07) is 13.2. The molecular weight excluding hydrogens is 350 g/mol. The van der Waals surface area contributed by atoms with Gasteiger partial charge in [0.1, 0.15) is 12.1 Å². The Labute approximate surface area is 165 Å². The van der Waals surface area contributed by atoms with E-state index in [4.69, 9.17) is 4.98 Å². The van der Waals surface area contributed by atoms with Gasteiger partial charge in [0.2, 0.25) is 0 Å². The molecule has 0 radical (unpaired) electrons. The molecule has 2 aliphatic heterocycles. The van der Waals surface area contributed by atoms with Gasteiger partial charge in [-0.1, -0.05) is 30.3 Å². The molecule has 2 saturated heterocycles. The molecule has 146 valence electrons. The first-order chi connectivity index (χ1) is 13.8. The smallest absolute Gasteiger partial charge is 0.254 e. The van der Waals surface area contributed by atoms with Crippen molar-refractivity contribution in [2.45, 2.75) is 18.9 Å². The van der Waals surface area contributed by atoms with Crippen LogP contribution in [0.1, 0.15) is 12.8 Å². The summed E-state index contributed by atoms with van der Waals surface area (Å²) in [5, 5.41) is 4.43. The summed E-state index contributed by atoms with van der Waals surface area (Å²) in [5.74, 6) is 1.74. The minimum atomic E-state index is 0.660. The maximum atomic E-state index is 4.70. The number of benzene rings is 1. The van der Waals surface area contributed by atoms with Crippen molar-refractivity contribution >= 4 is 11.6 Å². The van der Waals surface area contributed by atoms with E-state index in [2.05, 4.69) is 50.0 Å². The Morgan fingerprint density at radius 1 is 1.00 bits per heavy atom. The van der Waals surface area contributed by atoms with Crippen LogP contribution in [0.4, 0.5) is 5.82 Å². The van der Waals surface area contributed by atoms with E-state index in [1.54, 1.807) is 6.33 Å². The van der Waals surface area contributed by atoms with Gasteiger partial charge < -0.3 is 9.80 Å². The molecule has 1 aromatic carbocycles. The zero-order chi connectivity index (χ0) is 18.9. The molecule has 0 amide bonds. The molecule has 1 atom stereocenters. The van der Waals surface area contributed by atoms with E-state index >= 15 is 0 Å². The molecule has 0 N–H and O–H groups in total. The molecule has 0 spiro atoms. The highest BCUT2D eigenvalue weighted by molar-refractivity contribution is 5.65. The molecule has 5 rings (SSSR count). The van der Waals surface area contributed by atoms with Gasteiger partial charge in [-0.2, -0.15) is 14.6 Å². The van der Waals surface area contributed by atoms with Crippen molar-refractivity contribution < 1.29 is 0 Å². The Kier molecular flexibility index (Phi) is 4.70. The highest BCUT2D eigenvalue weighted by atomic mass is 15.4. The Morgan fingerprint density at radius 2 is 1.82 bits per heavy atom. The van der Waals surface area contributed by atoms with Crippen molar-refractivity contribution in [1.29, 1.82) is 0 Å². The predicted octanol–water partition coefficient (Wildman–Crippen LogP) is 2.01. The summed E-state index contributed by atoms with van der Waals surface area (Å²) in [5.41, 5.74) is 2.06. The molecule has 2 aromatic heterocycles. The van der Waals surface area contributed by atoms with Crippen molar-refractivity contribution in [3.05, 3.63) is 42.7 Å². The zero-order valence-electron chi connectivity index (χ0n) is 16.4. The fourth-order valence-electron chi connectivity index (χ4n) is 4.53. The standard InChI is InChI=1S/C21H27N7/c1-25-9-5-8-18(15-25)26-10-12-27(13-11-26)20-14-19(17-6-3-2-4-7-17)24-21-22-16-23-28(20)21/h2-4,6-7,14,16,18H,5,8-13,15H2,1H3. The molecule has 7 heteroatoms. The number of hydrogen-bond acceptors (Lipinski definition) is 6. The van der Waals surface area contributed by atoms with Gasteiger partial charge in [0.05, 0.1) is 5.69 Å². The van der Waals surface area contributed by atoms with Crippen molar-refractivity contribution in [2.24, 2.45) is 0 Å². The molecule has 0 aliphatic carbocycles. The monoisotopic (exact) mass is 377 g/mol. The van der Waals surface area contributed by atoms with E-state index in [1.807, 2.05) is 22.7 Å². The Bertz CT molecular complexity index is 930. The summed E-state index contributed by atoms with van der Waals surface area (Å²) in [4.78, 5) is 16.6. The molecular formula is C21H27N7. The molecule has 0 saturated carbocycles. The molecule has 7 nitrogen and oxygen atoms in total. The van der Waals surface area contributed by atoms with E-state index in [1.165, 1.54) is 25.9 Å². The summed E-state index contributed by atoms with van der Waals surface area (Å²) >= 11 is 0. The first kappa shape index (κ1) is 17.6. The summed E-state index contributed by atoms with van der Waals surface area (Å²) in [7, 11) is 2.24. The molecule has 2 aliphatic rings. The molecule has 0 bridgehead atoms. The minimum absolute atomic E-state index is 0.660. The topological polar surface area (TPSA) is 52.8 Å². The highest BCUT2D eigenvalue weighted by Gasteiger charge is 2.28. The number of hydrogen-bond donors (Lipinski definition) is 0. The average Bonchev–Trinajstić information content (AvgIpc) is 3.23. The number of nitrogens with zero attached hydrogens (tertiary/aromatic N) is 7. The third-order valence-corrected chi connectivity index (χ3v) is 6.06. The van der Waals surface area contributed by atoms with Crippen LogP contribution < -0.4 is 4.90 Å². The van der Waals surface area contributed by atoms with Gasteiger partial charge in [0, 0.05) is 50.4 Å². The Balaban J connectivity index is 1.38. The van der Waals surface area contributed by atoms with Crippen LogP contribution in [-0.2, 0) is 0 Å². The van der Waals surface area contributed by atoms with Gasteiger partial charge in [-0.15, -0.1) is 0 Å². The number of piperazine rings is 1. The van der Waals surface area contributed by atoms with Crippen molar-refractivity contribution in [1.82, 2.24) is 29.4 Å². The van der Waals surface area contributed by atoms with Gasteiger partial charge in [-0.25, -0.2) is 4.98 Å². The maximum Gasteiger partial charge on any atom is 0.254 e. The average molecular weight is 377 g/mol. The van der Waals surface area contributed by atoms with Crippen LogP contribution in [0.25, 0.3) is 17.0 Å². The third-order valence-electron chi connectivity index (χ3n) is 6.06. The number of aromatic nitrogens is 4. The lowest BCUT2D eigenvalue weighted by Gasteiger charge is -2.43. The fourth-order valence-corrected chi connectivity index (χ4v) is 4.53. The number of piperidine rings is 1. The van der Waals surface area contributed by atoms with E-state index in [0.29, 0.717) is 11.8 Å². The highest BCUT2D eigenvalue weighted by Crippen LogP contribution is 2.25. The van der Waals surface area contributed by atoms with Crippen molar-refractivity contribution in [3.63, 3.8) is 0 Å². The number of rotatable bonds is 3. The molecule has 4 heterocycles. The van der Waals surface area contributed by atoms with Gasteiger partial charge in [-0.05, 0) is 26.4 Å². The number of anilines is 1. The van der Waals surface area contributed by atoms with Crippen LogP contribution >= 0.6 is 0 Å². The van der Waals surface area contributed by atoms with Crippen LogP contribution in [0.5, 0.6) is 0 Å². The normalized spacial score (nSPS) is 22.0. The van der Waals surface area contributed by atoms with E-state index in [9.17, 15) is 0 Å². The van der Waals surface area contributed by atoms with Crippen LogP contribution in [-0.4, -0.2) is 81.7 Å². The SMILES string of the molecule is CN1CCCC(N2CCN(c3cc(-c4ccccc4)nc4ncnn34)CC2)C1. The number of likely N-dealkylation sites (N-methyl/N-ethyl adjacent to an activating group) is 1. The lowest BCUT2D eigenvalue weighted by atomic mass is 10.0. The molecule has 1 unspecified atom stereocenters. The lowest BCUT2D eigenvalue weighted by molar-refractivity contribution is 0.106. The second kappa shape index (κ2) is 7.48. The number of fused-ring (bicyclic) bond motifs is 1. The van der Waals surface area contributed by atoms with Gasteiger partial charge in [-0.3, -0.25) is 4.90 Å². The van der Waals surface area contributed by atoms with Crippen molar-refractivity contribution in [3.8, 4) is 11.3 Å². The Morgan fingerprint density at radius 3 is 2.61 bits per heavy atom. The van der Waals surface area contributed by atoms with Gasteiger partial charge in [0.15, 0.2) is 0 Å². The molecule has 28 heavy (non-hydrogen) atoms. The second-order valence-electron chi connectivity index (χ2n) is 7.92. The summed E-state index contributed by atoms with van der Waals surface area (Å²) in [6.07, 6.45) is 4.23. The summed E-state index contributed by atoms with van der Waals surface area (Å²) in [6.45, 7) is 6.64. The minimum Gasteiger partial charge on any atom is -0.354 e. The van der Waals surface area contributed by atoms with Gasteiger partial charge >= 0.3 is 0 Å². The largest absolute Gasteiger partial charge is 0.354 e. The van der Waals surface area contributed by atoms with Crippen LogP contribution in [0, 0.1) is 0 Å². The zero-order valence-corrected chi connectivity index (χ0v) is 16.4. The second-order valence-corrected chi connectivity index (χ2v) is 7.92. The van der Waals surface area contributed by atoms with E-state index in [-0.39, 0.29) is 0 Å². The lowest BCUT2D eigenvalue weighted by Crippen LogP contribution is -2.54. The van der Waals surface area contributed by atoms with Crippen LogP contribution in [0.2, 0.25) is 0 Å². The number of likely N-dealkylation sites (tertiary alicyclic amines) is 1. The van der Waals surface area contributed by atoms with Crippen LogP contribution in [0.15, 0.2) is 42.7 Å². The first-order valence-electron chi connectivity index (χ1n) is 10.2. The van der Waals surface area contributed by atoms with Crippen molar-refractivity contribution in [2.75, 3.05) is 51.2 Å². The van der Waals surface area contributed by atoms with E-state index in [0.717, 1.165) is 43.3 Å². The quantitative estimate of drug-likeness (QED) is 0.696. The summed E-state index contributed by atoms with van der Waals surface area (Å²) < 4.78 is 1.87. The van der Waals surface area contributed by atoms with Crippen LogP contribution in [0.3, 0.4) is 0 Å². The van der Waals surface area contributed by atoms with E-state index < -0.39 is 0 Å². The molecule has 3 aromatic rings. The fraction of sp³-hybridized carbons (Fsp3) is 0.476. The maximum absolute atomic E-state index is 4.70. The molecule has 2 fully saturated rings. The Hall–Kier alpha value is -2.51. The third kappa shape index (κ3) is 3.36. The van der Waals surface area contributed by atoms with Gasteiger partial charge in [0.25, 0.3) is 5.78 Å².